The zero-order chi connectivity index (χ0) is 24.6. The number of nitrogens with one attached hydrogen (secondary N) is 2. The highest BCUT2D eigenvalue weighted by molar-refractivity contribution is 5.91. The first kappa shape index (κ1) is 28.1. The van der Waals surface area contributed by atoms with Crippen molar-refractivity contribution in [2.45, 2.75) is 106 Å². The molecule has 1 unspecified atom stereocenters. The van der Waals surface area contributed by atoms with Crippen molar-refractivity contribution in [3.8, 4) is 0 Å². The molecule has 7 nitrogen and oxygen atoms in total. The van der Waals surface area contributed by atoms with Crippen molar-refractivity contribution in [1.82, 2.24) is 15.5 Å². The zero-order valence-electron chi connectivity index (χ0n) is 21.6. The maximum atomic E-state index is 13.3. The summed E-state index contributed by atoms with van der Waals surface area (Å²) in [6, 6.07) is -0.985. The van der Waals surface area contributed by atoms with Crippen LogP contribution in [0.2, 0.25) is 0 Å². The lowest BCUT2D eigenvalue weighted by Gasteiger charge is -2.39. The van der Waals surface area contributed by atoms with Crippen LogP contribution in [0.25, 0.3) is 0 Å². The first-order valence-electron chi connectivity index (χ1n) is 12.0. The van der Waals surface area contributed by atoms with Crippen LogP contribution in [0.15, 0.2) is 11.6 Å². The molecular formula is C25H45N3O4. The summed E-state index contributed by atoms with van der Waals surface area (Å²) >= 11 is 0. The molecule has 1 rings (SSSR count). The third kappa shape index (κ3) is 8.23. The van der Waals surface area contributed by atoms with E-state index in [1.807, 2.05) is 34.6 Å². The molecule has 0 bridgehead atoms. The molecule has 2 N–H and O–H groups in total. The van der Waals surface area contributed by atoms with Crippen LogP contribution in [0.3, 0.4) is 0 Å². The van der Waals surface area contributed by atoms with Gasteiger partial charge in [-0.1, -0.05) is 47.1 Å². The van der Waals surface area contributed by atoms with Gasteiger partial charge in [0.2, 0.25) is 11.8 Å². The van der Waals surface area contributed by atoms with Gasteiger partial charge < -0.3 is 15.4 Å². The number of nitrogens with zero attached hydrogens (tertiary/aromatic N) is 1. The fraction of sp³-hybridized carbons (Fsp3) is 0.800. The number of amides is 2. The second-order valence-electron chi connectivity index (χ2n) is 10.5. The van der Waals surface area contributed by atoms with E-state index in [1.54, 1.807) is 19.9 Å². The summed E-state index contributed by atoms with van der Waals surface area (Å²) in [5, 5.41) is 6.09. The van der Waals surface area contributed by atoms with E-state index >= 15 is 0 Å². The van der Waals surface area contributed by atoms with Gasteiger partial charge in [-0.15, -0.1) is 0 Å². The van der Waals surface area contributed by atoms with Gasteiger partial charge in [-0.25, -0.2) is 4.79 Å². The van der Waals surface area contributed by atoms with Gasteiger partial charge in [-0.05, 0) is 58.4 Å². The molecule has 0 radical (unpaired) electrons. The van der Waals surface area contributed by atoms with E-state index in [0.29, 0.717) is 12.2 Å². The van der Waals surface area contributed by atoms with Gasteiger partial charge in [0, 0.05) is 11.6 Å². The molecule has 184 valence electrons. The van der Waals surface area contributed by atoms with Crippen molar-refractivity contribution in [3.63, 3.8) is 0 Å². The highest BCUT2D eigenvalue weighted by Gasteiger charge is 2.38. The maximum Gasteiger partial charge on any atom is 0.333 e. The van der Waals surface area contributed by atoms with Crippen molar-refractivity contribution >= 4 is 17.8 Å². The molecular weight excluding hydrogens is 406 g/mol. The molecule has 0 aliphatic carbocycles. The van der Waals surface area contributed by atoms with Crippen LogP contribution in [0, 0.1) is 11.3 Å². The van der Waals surface area contributed by atoms with Crippen LogP contribution in [0.5, 0.6) is 0 Å². The van der Waals surface area contributed by atoms with Crippen LogP contribution in [0.4, 0.5) is 0 Å². The van der Waals surface area contributed by atoms with Gasteiger partial charge >= 0.3 is 5.97 Å². The molecule has 32 heavy (non-hydrogen) atoms. The van der Waals surface area contributed by atoms with Crippen LogP contribution in [0.1, 0.15) is 81.6 Å². The lowest BCUT2D eigenvalue weighted by Crippen LogP contribution is -2.60. The first-order valence-corrected chi connectivity index (χ1v) is 12.0. The molecule has 0 aromatic carbocycles. The molecule has 1 saturated heterocycles. The van der Waals surface area contributed by atoms with Crippen LogP contribution < -0.4 is 10.6 Å². The van der Waals surface area contributed by atoms with Gasteiger partial charge in [-0.2, -0.15) is 0 Å². The molecule has 1 fully saturated rings. The number of carbonyl (C=O) groups is 3. The van der Waals surface area contributed by atoms with Crippen molar-refractivity contribution in [1.29, 1.82) is 0 Å². The van der Waals surface area contributed by atoms with Crippen molar-refractivity contribution < 1.29 is 19.1 Å². The summed E-state index contributed by atoms with van der Waals surface area (Å²) in [6.07, 6.45) is 4.65. The van der Waals surface area contributed by atoms with E-state index in [9.17, 15) is 14.4 Å². The molecule has 0 spiro atoms. The Bertz CT molecular complexity index is 679. The first-order chi connectivity index (χ1) is 14.8. The van der Waals surface area contributed by atoms with E-state index in [-0.39, 0.29) is 41.8 Å². The van der Waals surface area contributed by atoms with E-state index < -0.39 is 11.5 Å². The number of hydrogen-bond donors (Lipinski definition) is 2. The van der Waals surface area contributed by atoms with Crippen molar-refractivity contribution in [2.75, 3.05) is 13.2 Å². The summed E-state index contributed by atoms with van der Waals surface area (Å²) in [4.78, 5) is 40.8. The minimum Gasteiger partial charge on any atom is -0.463 e. The molecule has 1 aliphatic heterocycles. The quantitative estimate of drug-likeness (QED) is 0.414. The van der Waals surface area contributed by atoms with E-state index in [0.717, 1.165) is 25.8 Å². The Morgan fingerprint density at radius 3 is 2.22 bits per heavy atom. The average Bonchev–Trinajstić information content (AvgIpc) is 2.70. The normalized spacial score (nSPS) is 20.1. The molecule has 0 aromatic rings. The molecule has 0 saturated carbocycles. The monoisotopic (exact) mass is 451 g/mol. The fourth-order valence-electron chi connectivity index (χ4n) is 4.00. The number of hydrogen-bond acceptors (Lipinski definition) is 5. The standard InChI is InChI=1S/C25H45N3O4/c1-10-32-24(31)18(6)15-19(16(2)3)26-23(30)21(25(7,8)9)27-22(29)20-13-11-12-14-28(20)17(4)5/h15-17,19-21H,10-14H2,1-9H3,(H,26,30)(H,27,29)/b18-15+/t19-,20?,21-/m1/s1. The summed E-state index contributed by atoms with van der Waals surface area (Å²) in [7, 11) is 0. The van der Waals surface area contributed by atoms with Gasteiger partial charge in [0.15, 0.2) is 0 Å². The Labute approximate surface area is 194 Å². The van der Waals surface area contributed by atoms with E-state index in [4.69, 9.17) is 4.74 Å². The van der Waals surface area contributed by atoms with Gasteiger partial charge in [-0.3, -0.25) is 14.5 Å². The number of carbonyl (C=O) groups excluding carboxylic acids is 3. The Balaban J connectivity index is 3.03. The number of likely N-dealkylation sites (tertiary alicyclic amines) is 1. The summed E-state index contributed by atoms with van der Waals surface area (Å²) in [6.45, 7) is 18.7. The highest BCUT2D eigenvalue weighted by atomic mass is 16.5. The highest BCUT2D eigenvalue weighted by Crippen LogP contribution is 2.23. The Kier molecular flexibility index (Phi) is 10.9. The fourth-order valence-corrected chi connectivity index (χ4v) is 4.00. The SMILES string of the molecule is CCOC(=O)/C(C)=C/[C@@H](NC(=O)[C@@H](NC(=O)C1CCCCN1C(C)C)C(C)(C)C)C(C)C. The number of esters is 1. The van der Waals surface area contributed by atoms with E-state index in [2.05, 4.69) is 29.4 Å². The predicted molar refractivity (Wildman–Crippen MR) is 128 cm³/mol. The zero-order valence-corrected chi connectivity index (χ0v) is 21.6. The second kappa shape index (κ2) is 12.4. The lowest BCUT2D eigenvalue weighted by atomic mass is 9.85. The minimum absolute atomic E-state index is 0.0643. The molecule has 1 heterocycles. The number of ether oxygens (including phenoxy) is 1. The average molecular weight is 452 g/mol. The largest absolute Gasteiger partial charge is 0.463 e. The second-order valence-corrected chi connectivity index (χ2v) is 10.5. The van der Waals surface area contributed by atoms with Crippen molar-refractivity contribution in [2.24, 2.45) is 11.3 Å². The summed E-state index contributed by atoms with van der Waals surface area (Å²) in [5.41, 5.74) is -0.0182. The Morgan fingerprint density at radius 2 is 1.72 bits per heavy atom. The number of piperidine rings is 1. The Hall–Kier alpha value is -1.89. The van der Waals surface area contributed by atoms with Gasteiger partial charge in [0.05, 0.1) is 18.7 Å². The summed E-state index contributed by atoms with van der Waals surface area (Å²) < 4.78 is 5.06. The van der Waals surface area contributed by atoms with Gasteiger partial charge in [0.1, 0.15) is 6.04 Å². The third-order valence-corrected chi connectivity index (χ3v) is 5.98. The van der Waals surface area contributed by atoms with Gasteiger partial charge in [0.25, 0.3) is 0 Å². The van der Waals surface area contributed by atoms with Crippen LogP contribution in [-0.4, -0.2) is 60.0 Å². The van der Waals surface area contributed by atoms with Crippen LogP contribution >= 0.6 is 0 Å². The van der Waals surface area contributed by atoms with Crippen molar-refractivity contribution in [3.05, 3.63) is 11.6 Å². The number of rotatable bonds is 9. The smallest absolute Gasteiger partial charge is 0.333 e. The molecule has 0 aromatic heterocycles. The lowest BCUT2D eigenvalue weighted by molar-refractivity contribution is -0.138. The van der Waals surface area contributed by atoms with E-state index in [1.165, 1.54) is 0 Å². The predicted octanol–water partition coefficient (Wildman–Crippen LogP) is 3.43. The third-order valence-electron chi connectivity index (χ3n) is 5.98. The molecule has 7 heteroatoms. The Morgan fingerprint density at radius 1 is 1.09 bits per heavy atom. The van der Waals surface area contributed by atoms with Crippen LogP contribution in [-0.2, 0) is 19.1 Å². The topological polar surface area (TPSA) is 87.7 Å². The molecule has 3 atom stereocenters. The maximum absolute atomic E-state index is 13.3. The molecule has 1 aliphatic rings. The minimum atomic E-state index is -0.691. The summed E-state index contributed by atoms with van der Waals surface area (Å²) in [5.74, 6) is -0.661. The molecule has 2 amide bonds.